The van der Waals surface area contributed by atoms with Gasteiger partial charge < -0.3 is 32.6 Å². The third kappa shape index (κ3) is 18.2. The fourth-order valence-corrected chi connectivity index (χ4v) is 13.1. The van der Waals surface area contributed by atoms with Crippen molar-refractivity contribution in [1.82, 2.24) is 0 Å². The Labute approximate surface area is 395 Å². The summed E-state index contributed by atoms with van der Waals surface area (Å²) in [7, 11) is 1.00. The molecule has 0 amide bonds. The van der Waals surface area contributed by atoms with E-state index in [0.29, 0.717) is 28.8 Å². The molecule has 376 valence electrons. The average Bonchev–Trinajstić information content (AvgIpc) is 3.59. The first kappa shape index (κ1) is 55.8. The Bertz CT molecular complexity index is 1540. The molecule has 65 heavy (non-hydrogen) atoms. The fraction of sp³-hybridized carbons (Fsp3) is 0.906. The molecule has 3 fully saturated rings. The third-order valence-electron chi connectivity index (χ3n) is 16.2. The molecule has 0 N–H and O–H groups in total. The van der Waals surface area contributed by atoms with Gasteiger partial charge in [-0.2, -0.15) is 0 Å². The van der Waals surface area contributed by atoms with Crippen molar-refractivity contribution in [3.63, 3.8) is 0 Å². The quantitative estimate of drug-likeness (QED) is 0.0165. The molecule has 0 heterocycles. The monoisotopic (exact) mass is 936 g/mol. The van der Waals surface area contributed by atoms with Gasteiger partial charge >= 0.3 is 17.9 Å². The van der Waals surface area contributed by atoms with E-state index in [9.17, 15) is 23.8 Å². The normalized spacial score (nSPS) is 28.3. The minimum Gasteiger partial charge on any atom is -0.756 e. The zero-order chi connectivity index (χ0) is 47.7. The van der Waals surface area contributed by atoms with Gasteiger partial charge in [0.2, 0.25) is 0 Å². The van der Waals surface area contributed by atoms with Gasteiger partial charge in [-0.3, -0.25) is 18.9 Å². The van der Waals surface area contributed by atoms with Gasteiger partial charge in [0.15, 0.2) is 6.10 Å². The Morgan fingerprint density at radius 2 is 1.43 bits per heavy atom. The zero-order valence-electron chi connectivity index (χ0n) is 42.7. The Hall–Kier alpha value is -1.78. The summed E-state index contributed by atoms with van der Waals surface area (Å²) in [4.78, 5) is 51.4. The van der Waals surface area contributed by atoms with Crippen LogP contribution in [0, 0.1) is 46.3 Å². The lowest BCUT2D eigenvalue weighted by Gasteiger charge is -2.58. The van der Waals surface area contributed by atoms with E-state index in [4.69, 9.17) is 23.3 Å². The minimum absolute atomic E-state index is 0.0813. The number of nitrogens with zero attached hydrogens (tertiary/aromatic N) is 1. The molecule has 0 aromatic carbocycles. The van der Waals surface area contributed by atoms with E-state index in [2.05, 4.69) is 47.6 Å². The number of carbonyl (C=O) groups is 3. The van der Waals surface area contributed by atoms with Gasteiger partial charge in [0.05, 0.1) is 40.6 Å². The van der Waals surface area contributed by atoms with Crippen LogP contribution in [-0.2, 0) is 42.2 Å². The lowest BCUT2D eigenvalue weighted by atomic mass is 9.47. The number of unbranched alkanes of at least 4 members (excludes halogenated alkanes) is 10. The van der Waals surface area contributed by atoms with E-state index >= 15 is 0 Å². The van der Waals surface area contributed by atoms with Crippen LogP contribution < -0.4 is 4.89 Å². The van der Waals surface area contributed by atoms with E-state index < -0.39 is 38.4 Å². The molecule has 11 nitrogen and oxygen atoms in total. The molecule has 0 aliphatic heterocycles. The number of quaternary nitrogens is 1. The number of esters is 3. The van der Waals surface area contributed by atoms with Gasteiger partial charge in [0, 0.05) is 12.8 Å². The summed E-state index contributed by atoms with van der Waals surface area (Å²) >= 11 is 0. The first-order chi connectivity index (χ1) is 30.8. The molecule has 1 unspecified atom stereocenters. The highest BCUT2D eigenvalue weighted by Gasteiger charge is 2.59. The van der Waals surface area contributed by atoms with Crippen molar-refractivity contribution in [3.05, 3.63) is 11.6 Å². The van der Waals surface area contributed by atoms with Crippen molar-refractivity contribution >= 4 is 25.7 Å². The molecule has 0 aromatic rings. The second-order valence-electron chi connectivity index (χ2n) is 22.8. The van der Waals surface area contributed by atoms with Crippen molar-refractivity contribution in [1.29, 1.82) is 0 Å². The Balaban J connectivity index is 1.22. The molecule has 12 heteroatoms. The van der Waals surface area contributed by atoms with Gasteiger partial charge in [-0.15, -0.1) is 0 Å². The summed E-state index contributed by atoms with van der Waals surface area (Å²) in [5, 5.41) is 0. The molecule has 3 saturated carbocycles. The number of rotatable bonds is 31. The SMILES string of the molecule is CCCCCCCCCCCCCC(=O)OC[C@@H](COP(=O)([O-])OCC[N+](C)(C)C)OC(=O)CCC(=O)O[C@H]1CC[C@@]2(C)C(=CC[C@H]3[C@@H]4CC[C@H]([C@H](C)CCCC(C)C)[C@@]4(C)CC[C@@H]32)C1. The number of ether oxygens (including phenoxy) is 3. The first-order valence-corrected chi connectivity index (χ1v) is 27.9. The van der Waals surface area contributed by atoms with Crippen molar-refractivity contribution in [2.75, 3.05) is 47.5 Å². The second kappa shape index (κ2) is 26.8. The van der Waals surface area contributed by atoms with E-state index in [1.807, 2.05) is 21.1 Å². The van der Waals surface area contributed by atoms with Crippen LogP contribution in [0.2, 0.25) is 0 Å². The molecule has 10 atom stereocenters. The molecular weight excluding hydrogens is 842 g/mol. The zero-order valence-corrected chi connectivity index (χ0v) is 43.6. The summed E-state index contributed by atoms with van der Waals surface area (Å²) in [5.74, 6) is 2.95. The molecule has 0 saturated heterocycles. The summed E-state index contributed by atoms with van der Waals surface area (Å²) < 4.78 is 40.1. The van der Waals surface area contributed by atoms with E-state index in [0.717, 1.165) is 74.5 Å². The minimum atomic E-state index is -4.73. The number of fused-ring (bicyclic) bond motifs is 5. The number of hydrogen-bond acceptors (Lipinski definition) is 10. The molecule has 4 rings (SSSR count). The molecule has 0 spiro atoms. The fourth-order valence-electron chi connectivity index (χ4n) is 12.4. The van der Waals surface area contributed by atoms with E-state index in [1.165, 1.54) is 95.5 Å². The van der Waals surface area contributed by atoms with Gasteiger partial charge in [0.1, 0.15) is 25.9 Å². The lowest BCUT2D eigenvalue weighted by molar-refractivity contribution is -0.870. The van der Waals surface area contributed by atoms with Gasteiger partial charge in [0.25, 0.3) is 7.82 Å². The highest BCUT2D eigenvalue weighted by atomic mass is 31.2. The number of likely N-dealkylation sites (N-methyl/N-ethyl adjacent to an activating group) is 1. The van der Waals surface area contributed by atoms with Crippen LogP contribution in [0.3, 0.4) is 0 Å². The topological polar surface area (TPSA) is 137 Å². The summed E-state index contributed by atoms with van der Waals surface area (Å²) in [6, 6.07) is 0. The standard InChI is InChI=1S/C53H94NO10P/c1-10-11-12-13-14-15-16-17-18-19-20-24-49(55)60-38-44(39-62-65(58,59)61-36-35-54(7,8)9)64-51(57)30-29-50(56)63-43-31-33-52(5)42(37-43)25-26-45-47-28-27-46(41(4)23-21-22-40(2)3)53(47,6)34-32-48(45)52/h25,40-41,43-48H,10-24,26-39H2,1-9H3/t41-,43+,44+,45+,46-,47+,48+,52+,53-/m1/s1. The molecule has 0 aromatic heterocycles. The number of phosphoric ester groups is 1. The van der Waals surface area contributed by atoms with E-state index in [-0.39, 0.29) is 44.0 Å². The smallest absolute Gasteiger partial charge is 0.306 e. The van der Waals surface area contributed by atoms with Crippen LogP contribution in [0.4, 0.5) is 0 Å². The number of phosphoric acid groups is 1. The summed E-state index contributed by atoms with van der Waals surface area (Å²) in [6.07, 6.45) is 26.7. The van der Waals surface area contributed by atoms with Crippen LogP contribution in [0.15, 0.2) is 11.6 Å². The van der Waals surface area contributed by atoms with Gasteiger partial charge in [-0.1, -0.05) is 137 Å². The first-order valence-electron chi connectivity index (χ1n) is 26.4. The van der Waals surface area contributed by atoms with Crippen LogP contribution in [0.5, 0.6) is 0 Å². The predicted molar refractivity (Wildman–Crippen MR) is 256 cm³/mol. The van der Waals surface area contributed by atoms with Crippen LogP contribution in [0.25, 0.3) is 0 Å². The molecular formula is C53H94NO10P. The van der Waals surface area contributed by atoms with Gasteiger partial charge in [-0.05, 0) is 97.7 Å². The third-order valence-corrected chi connectivity index (χ3v) is 17.2. The number of hydrogen-bond donors (Lipinski definition) is 0. The maximum absolute atomic E-state index is 13.2. The van der Waals surface area contributed by atoms with Crippen molar-refractivity contribution < 1.29 is 51.6 Å². The van der Waals surface area contributed by atoms with Crippen molar-refractivity contribution in [3.8, 4) is 0 Å². The number of allylic oxidation sites excluding steroid dienone is 1. The van der Waals surface area contributed by atoms with Crippen LogP contribution in [-0.4, -0.2) is 82.1 Å². The van der Waals surface area contributed by atoms with Gasteiger partial charge in [-0.25, -0.2) is 0 Å². The average molecular weight is 936 g/mol. The van der Waals surface area contributed by atoms with Crippen molar-refractivity contribution in [2.24, 2.45) is 46.3 Å². The lowest BCUT2D eigenvalue weighted by Crippen LogP contribution is -2.51. The number of carbonyl (C=O) groups excluding carboxylic acids is 3. The highest BCUT2D eigenvalue weighted by Crippen LogP contribution is 2.67. The maximum atomic E-state index is 13.2. The molecule has 4 aliphatic carbocycles. The van der Waals surface area contributed by atoms with Crippen LogP contribution >= 0.6 is 7.82 Å². The van der Waals surface area contributed by atoms with Crippen LogP contribution in [0.1, 0.15) is 202 Å². The predicted octanol–water partition coefficient (Wildman–Crippen LogP) is 12.1. The molecule has 0 radical (unpaired) electrons. The Kier molecular flexibility index (Phi) is 23.0. The summed E-state index contributed by atoms with van der Waals surface area (Å²) in [5.41, 5.74) is 2.02. The van der Waals surface area contributed by atoms with E-state index in [1.54, 1.807) is 0 Å². The van der Waals surface area contributed by atoms with Crippen molar-refractivity contribution in [2.45, 2.75) is 214 Å². The Morgan fingerprint density at radius 3 is 2.09 bits per heavy atom. The molecule has 4 aliphatic rings. The largest absolute Gasteiger partial charge is 0.756 e. The maximum Gasteiger partial charge on any atom is 0.306 e. The molecule has 0 bridgehead atoms. The summed E-state index contributed by atoms with van der Waals surface area (Å²) in [6.45, 7) is 13.9. The highest BCUT2D eigenvalue weighted by molar-refractivity contribution is 7.45. The second-order valence-corrected chi connectivity index (χ2v) is 24.2. The Morgan fingerprint density at radius 1 is 0.769 bits per heavy atom.